The van der Waals surface area contributed by atoms with Crippen LogP contribution in [0.3, 0.4) is 0 Å². The van der Waals surface area contributed by atoms with E-state index >= 15 is 0 Å². The molecule has 1 fully saturated rings. The molecule has 1 aromatic heterocycles. The van der Waals surface area contributed by atoms with Gasteiger partial charge in [-0.05, 0) is 29.8 Å². The number of benzene rings is 2. The Morgan fingerprint density at radius 3 is 2.52 bits per heavy atom. The Labute approximate surface area is 169 Å². The molecule has 7 nitrogen and oxygen atoms in total. The van der Waals surface area contributed by atoms with Gasteiger partial charge in [0.25, 0.3) is 0 Å². The van der Waals surface area contributed by atoms with Gasteiger partial charge in [-0.3, -0.25) is 0 Å². The number of fused-ring (bicyclic) bond motifs is 1. The van der Waals surface area contributed by atoms with Gasteiger partial charge in [0, 0.05) is 44.7 Å². The summed E-state index contributed by atoms with van der Waals surface area (Å²) in [6.45, 7) is 3.00. The van der Waals surface area contributed by atoms with Crippen molar-refractivity contribution in [2.75, 3.05) is 30.4 Å². The number of rotatable bonds is 5. The number of carboxylic acids is 1. The van der Waals surface area contributed by atoms with E-state index in [1.165, 1.54) is 0 Å². The summed E-state index contributed by atoms with van der Waals surface area (Å²) in [6.07, 6.45) is 0.736. The summed E-state index contributed by atoms with van der Waals surface area (Å²) in [6, 6.07) is 15.6. The zero-order chi connectivity index (χ0) is 20.4. The van der Waals surface area contributed by atoms with E-state index in [4.69, 9.17) is 4.74 Å². The van der Waals surface area contributed by atoms with E-state index < -0.39 is 11.6 Å². The van der Waals surface area contributed by atoms with Gasteiger partial charge in [-0.15, -0.1) is 0 Å². The molecule has 0 atom stereocenters. The first-order valence-electron chi connectivity index (χ1n) is 9.69. The minimum atomic E-state index is -1.24. The maximum atomic E-state index is 12.2. The summed E-state index contributed by atoms with van der Waals surface area (Å²) in [5, 5.41) is 15.1. The van der Waals surface area contributed by atoms with Crippen molar-refractivity contribution < 1.29 is 14.6 Å². The highest BCUT2D eigenvalue weighted by molar-refractivity contribution is 5.84. The summed E-state index contributed by atoms with van der Waals surface area (Å²) in [5.74, 6) is 1.00. The fourth-order valence-corrected chi connectivity index (χ4v) is 3.74. The number of aliphatic carboxylic acids is 1. The van der Waals surface area contributed by atoms with Crippen molar-refractivity contribution in [3.63, 3.8) is 0 Å². The summed E-state index contributed by atoms with van der Waals surface area (Å²) in [7, 11) is 1.78. The number of aryl methyl sites for hydroxylation is 1. The molecule has 2 heterocycles. The topological polar surface area (TPSA) is 87.6 Å². The molecule has 0 radical (unpaired) electrons. The molecule has 0 spiro atoms. The molecule has 1 aliphatic heterocycles. The first-order valence-corrected chi connectivity index (χ1v) is 9.69. The van der Waals surface area contributed by atoms with Crippen molar-refractivity contribution in [2.45, 2.75) is 25.4 Å². The first-order chi connectivity index (χ1) is 14.0. The molecule has 1 saturated heterocycles. The molecule has 0 unspecified atom stereocenters. The number of nitrogens with one attached hydrogen (secondary N) is 1. The predicted octanol–water partition coefficient (Wildman–Crippen LogP) is 3.48. The van der Waals surface area contributed by atoms with E-state index in [1.54, 1.807) is 7.05 Å². The highest BCUT2D eigenvalue weighted by Gasteiger charge is 2.44. The lowest BCUT2D eigenvalue weighted by molar-refractivity contribution is -0.157. The summed E-state index contributed by atoms with van der Waals surface area (Å²) < 4.78 is 6.09. The Bertz CT molecular complexity index is 1050. The molecule has 7 heteroatoms. The highest BCUT2D eigenvalue weighted by atomic mass is 16.5. The number of ether oxygens (including phenoxy) is 1. The predicted molar refractivity (Wildman–Crippen MR) is 113 cm³/mol. The van der Waals surface area contributed by atoms with Gasteiger partial charge in [0.2, 0.25) is 11.5 Å². The highest BCUT2D eigenvalue weighted by Crippen LogP contribution is 2.32. The van der Waals surface area contributed by atoms with Gasteiger partial charge in [0.05, 0.1) is 0 Å². The molecule has 0 bridgehead atoms. The molecular weight excluding hydrogens is 368 g/mol. The van der Waals surface area contributed by atoms with Crippen molar-refractivity contribution >= 4 is 28.5 Å². The Kier molecular flexibility index (Phi) is 4.96. The maximum absolute atomic E-state index is 12.2. The second kappa shape index (κ2) is 7.58. The zero-order valence-electron chi connectivity index (χ0n) is 16.6. The van der Waals surface area contributed by atoms with Crippen LogP contribution < -0.4 is 15.0 Å². The van der Waals surface area contributed by atoms with Crippen LogP contribution in [0.15, 0.2) is 48.5 Å². The standard InChI is InChI=1S/C22H24N4O3/c1-15-13-19(25-21(23-2)24-15)26-11-9-22(10-12-26,20(27)28)29-18-8-7-16-5-3-4-6-17(16)14-18/h3-8,13-14H,9-12H2,1-2H3,(H,27,28)(H,23,24,25). The minimum absolute atomic E-state index is 0.368. The maximum Gasteiger partial charge on any atom is 0.348 e. The zero-order valence-corrected chi connectivity index (χ0v) is 16.6. The van der Waals surface area contributed by atoms with Gasteiger partial charge < -0.3 is 20.1 Å². The Morgan fingerprint density at radius 2 is 1.83 bits per heavy atom. The van der Waals surface area contributed by atoms with Crippen LogP contribution in [0.4, 0.5) is 11.8 Å². The van der Waals surface area contributed by atoms with Gasteiger partial charge in [-0.1, -0.05) is 30.3 Å². The van der Waals surface area contributed by atoms with E-state index in [0.29, 0.717) is 37.6 Å². The molecule has 0 aliphatic carbocycles. The summed E-state index contributed by atoms with van der Waals surface area (Å²) in [4.78, 5) is 23.1. The van der Waals surface area contributed by atoms with Crippen LogP contribution in [0.2, 0.25) is 0 Å². The van der Waals surface area contributed by atoms with Crippen molar-refractivity contribution in [3.8, 4) is 5.75 Å². The molecule has 0 saturated carbocycles. The minimum Gasteiger partial charge on any atom is -0.478 e. The van der Waals surface area contributed by atoms with Gasteiger partial charge in [-0.2, -0.15) is 4.98 Å². The number of anilines is 2. The van der Waals surface area contributed by atoms with Gasteiger partial charge in [0.15, 0.2) is 0 Å². The fourth-order valence-electron chi connectivity index (χ4n) is 3.74. The number of carbonyl (C=O) groups is 1. The molecule has 1 aliphatic rings. The number of carboxylic acid groups (broad SMARTS) is 1. The third kappa shape index (κ3) is 3.81. The van der Waals surface area contributed by atoms with Crippen LogP contribution in [-0.2, 0) is 4.79 Å². The largest absolute Gasteiger partial charge is 0.478 e. The van der Waals surface area contributed by atoms with Crippen LogP contribution in [-0.4, -0.2) is 46.8 Å². The van der Waals surface area contributed by atoms with Crippen molar-refractivity contribution in [1.82, 2.24) is 9.97 Å². The Balaban J connectivity index is 1.54. The molecular formula is C22H24N4O3. The van der Waals surface area contributed by atoms with Crippen LogP contribution >= 0.6 is 0 Å². The normalized spacial score (nSPS) is 15.9. The van der Waals surface area contributed by atoms with Gasteiger partial charge in [-0.25, -0.2) is 9.78 Å². The average Bonchev–Trinajstić information content (AvgIpc) is 2.73. The summed E-state index contributed by atoms with van der Waals surface area (Å²) in [5.41, 5.74) is -0.380. The Morgan fingerprint density at radius 1 is 1.10 bits per heavy atom. The van der Waals surface area contributed by atoms with E-state index in [-0.39, 0.29) is 0 Å². The van der Waals surface area contributed by atoms with E-state index in [1.807, 2.05) is 55.5 Å². The van der Waals surface area contributed by atoms with Crippen LogP contribution in [0.25, 0.3) is 10.8 Å². The van der Waals surface area contributed by atoms with Gasteiger partial charge >= 0.3 is 5.97 Å². The lowest BCUT2D eigenvalue weighted by Crippen LogP contribution is -2.53. The van der Waals surface area contributed by atoms with E-state index in [9.17, 15) is 9.90 Å². The van der Waals surface area contributed by atoms with Crippen molar-refractivity contribution in [1.29, 1.82) is 0 Å². The first kappa shape index (κ1) is 19.0. The molecule has 2 N–H and O–H groups in total. The molecule has 150 valence electrons. The molecule has 29 heavy (non-hydrogen) atoms. The second-order valence-corrected chi connectivity index (χ2v) is 7.34. The van der Waals surface area contributed by atoms with Gasteiger partial charge in [0.1, 0.15) is 11.6 Å². The SMILES string of the molecule is CNc1nc(C)cc(N2CCC(Oc3ccc4ccccc4c3)(C(=O)O)CC2)n1. The molecule has 3 aromatic rings. The lowest BCUT2D eigenvalue weighted by Gasteiger charge is -2.39. The average molecular weight is 392 g/mol. The molecule has 2 aromatic carbocycles. The monoisotopic (exact) mass is 392 g/mol. The van der Waals surface area contributed by atoms with Crippen molar-refractivity contribution in [2.24, 2.45) is 0 Å². The van der Waals surface area contributed by atoms with Crippen LogP contribution in [0.1, 0.15) is 18.5 Å². The molecule has 0 amide bonds. The quantitative estimate of drug-likeness (QED) is 0.687. The number of piperidine rings is 1. The fraction of sp³-hybridized carbons (Fsp3) is 0.318. The van der Waals surface area contributed by atoms with E-state index in [0.717, 1.165) is 22.3 Å². The van der Waals surface area contributed by atoms with E-state index in [2.05, 4.69) is 20.2 Å². The number of hydrogen-bond donors (Lipinski definition) is 2. The Hall–Kier alpha value is -3.35. The number of nitrogens with zero attached hydrogens (tertiary/aromatic N) is 3. The summed E-state index contributed by atoms with van der Waals surface area (Å²) >= 11 is 0. The smallest absolute Gasteiger partial charge is 0.348 e. The number of hydrogen-bond acceptors (Lipinski definition) is 6. The third-order valence-electron chi connectivity index (χ3n) is 5.38. The third-order valence-corrected chi connectivity index (χ3v) is 5.38. The number of aromatic nitrogens is 2. The molecule has 4 rings (SSSR count). The van der Waals surface area contributed by atoms with Crippen LogP contribution in [0, 0.1) is 6.92 Å². The van der Waals surface area contributed by atoms with Crippen molar-refractivity contribution in [3.05, 3.63) is 54.2 Å². The second-order valence-electron chi connectivity index (χ2n) is 7.34. The lowest BCUT2D eigenvalue weighted by atomic mass is 9.91. The van der Waals surface area contributed by atoms with Crippen LogP contribution in [0.5, 0.6) is 5.75 Å².